The second kappa shape index (κ2) is 6.69. The largest absolute Gasteiger partial charge is 0.480 e. The molecule has 0 aromatic carbocycles. The van der Waals surface area contributed by atoms with Crippen molar-refractivity contribution in [2.45, 2.75) is 19.3 Å². The number of hydrogen-bond acceptors (Lipinski definition) is 5. The third-order valence-electron chi connectivity index (χ3n) is 3.94. The Morgan fingerprint density at radius 3 is 2.36 bits per heavy atom. The van der Waals surface area contributed by atoms with Crippen LogP contribution in [0, 0.1) is 5.41 Å². The van der Waals surface area contributed by atoms with Gasteiger partial charge in [-0.25, -0.2) is 0 Å². The van der Waals surface area contributed by atoms with Gasteiger partial charge in [-0.3, -0.25) is 24.1 Å². The van der Waals surface area contributed by atoms with E-state index in [0.29, 0.717) is 12.8 Å². The lowest BCUT2D eigenvalue weighted by Crippen LogP contribution is -2.51. The molecule has 0 spiro atoms. The van der Waals surface area contributed by atoms with Crippen LogP contribution in [-0.2, 0) is 23.9 Å². The van der Waals surface area contributed by atoms with Crippen molar-refractivity contribution >= 4 is 23.7 Å². The van der Waals surface area contributed by atoms with E-state index in [9.17, 15) is 19.2 Å². The number of nitrogens with zero attached hydrogens (tertiary/aromatic N) is 1. The highest BCUT2D eigenvalue weighted by atomic mass is 16.5. The summed E-state index contributed by atoms with van der Waals surface area (Å²) < 4.78 is 5.23. The van der Waals surface area contributed by atoms with Crippen molar-refractivity contribution < 1.29 is 29.0 Å². The van der Waals surface area contributed by atoms with Gasteiger partial charge in [0.25, 0.3) is 11.8 Å². The Bertz CT molecular complexity index is 505. The summed E-state index contributed by atoms with van der Waals surface area (Å²) in [5, 5.41) is 11.6. The first-order valence-corrected chi connectivity index (χ1v) is 7.10. The zero-order chi connectivity index (χ0) is 16.2. The summed E-state index contributed by atoms with van der Waals surface area (Å²) in [7, 11) is 0. The van der Waals surface area contributed by atoms with E-state index in [1.54, 1.807) is 0 Å². The van der Waals surface area contributed by atoms with Crippen molar-refractivity contribution in [1.29, 1.82) is 0 Å². The van der Waals surface area contributed by atoms with Crippen LogP contribution in [0.3, 0.4) is 0 Å². The summed E-state index contributed by atoms with van der Waals surface area (Å²) in [6.45, 7) is 0.690. The number of carboxylic acids is 1. The van der Waals surface area contributed by atoms with Gasteiger partial charge in [0.15, 0.2) is 0 Å². The van der Waals surface area contributed by atoms with E-state index >= 15 is 0 Å². The fourth-order valence-electron chi connectivity index (χ4n) is 2.38. The van der Waals surface area contributed by atoms with E-state index in [0.717, 1.165) is 11.3 Å². The standard InChI is InChI=1S/C14H18N2O6/c17-10-2-3-11(18)16(10)7-9-22-8-6-15-12(19)14(13(20)21)4-1-5-14/h2-3H,1,4-9H2,(H,15,19)(H,20,21). The van der Waals surface area contributed by atoms with Crippen molar-refractivity contribution in [3.8, 4) is 0 Å². The Morgan fingerprint density at radius 1 is 1.23 bits per heavy atom. The van der Waals surface area contributed by atoms with E-state index in [1.807, 2.05) is 0 Å². The molecule has 8 nitrogen and oxygen atoms in total. The van der Waals surface area contributed by atoms with Crippen molar-refractivity contribution in [3.05, 3.63) is 12.2 Å². The van der Waals surface area contributed by atoms with Gasteiger partial charge in [0, 0.05) is 18.7 Å². The summed E-state index contributed by atoms with van der Waals surface area (Å²) in [6.07, 6.45) is 3.86. The number of aliphatic carboxylic acids is 1. The van der Waals surface area contributed by atoms with E-state index in [-0.39, 0.29) is 38.1 Å². The smallest absolute Gasteiger partial charge is 0.319 e. The van der Waals surface area contributed by atoms with Gasteiger partial charge in [-0.15, -0.1) is 0 Å². The molecule has 2 N–H and O–H groups in total. The quantitative estimate of drug-likeness (QED) is 0.348. The molecule has 0 aromatic heterocycles. The summed E-state index contributed by atoms with van der Waals surface area (Å²) in [5.74, 6) is -2.30. The monoisotopic (exact) mass is 310 g/mol. The molecule has 1 heterocycles. The highest BCUT2D eigenvalue weighted by Gasteiger charge is 2.50. The molecule has 120 valence electrons. The van der Waals surface area contributed by atoms with Gasteiger partial charge in [0.05, 0.1) is 19.8 Å². The number of amides is 3. The number of imide groups is 1. The van der Waals surface area contributed by atoms with Crippen LogP contribution >= 0.6 is 0 Å². The molecule has 1 saturated carbocycles. The molecule has 8 heteroatoms. The second-order valence-electron chi connectivity index (χ2n) is 5.27. The highest BCUT2D eigenvalue weighted by Crippen LogP contribution is 2.41. The molecule has 0 radical (unpaired) electrons. The first-order chi connectivity index (χ1) is 10.5. The first-order valence-electron chi connectivity index (χ1n) is 7.10. The minimum absolute atomic E-state index is 0.150. The molecule has 2 aliphatic rings. The van der Waals surface area contributed by atoms with Crippen LogP contribution in [0.5, 0.6) is 0 Å². The molecule has 22 heavy (non-hydrogen) atoms. The number of nitrogens with one attached hydrogen (secondary N) is 1. The summed E-state index contributed by atoms with van der Waals surface area (Å²) in [6, 6.07) is 0. The average molecular weight is 310 g/mol. The van der Waals surface area contributed by atoms with Gasteiger partial charge in [-0.1, -0.05) is 6.42 Å². The molecule has 0 atom stereocenters. The molecule has 0 aromatic rings. The first kappa shape index (κ1) is 16.2. The Labute approximate surface area is 127 Å². The number of carboxylic acid groups (broad SMARTS) is 1. The number of carbonyl (C=O) groups is 4. The predicted molar refractivity (Wildman–Crippen MR) is 73.6 cm³/mol. The number of ether oxygens (including phenoxy) is 1. The molecule has 1 aliphatic carbocycles. The van der Waals surface area contributed by atoms with E-state index in [4.69, 9.17) is 9.84 Å². The molecule has 0 saturated heterocycles. The molecule has 0 unspecified atom stereocenters. The Morgan fingerprint density at radius 2 is 1.86 bits per heavy atom. The van der Waals surface area contributed by atoms with Gasteiger partial charge >= 0.3 is 5.97 Å². The SMILES string of the molecule is O=C1C=CC(=O)N1CCOCCNC(=O)C1(C(=O)O)CCC1. The maximum Gasteiger partial charge on any atom is 0.319 e. The van der Waals surface area contributed by atoms with Crippen molar-refractivity contribution in [2.75, 3.05) is 26.3 Å². The van der Waals surface area contributed by atoms with Gasteiger partial charge in [0.1, 0.15) is 5.41 Å². The fraction of sp³-hybridized carbons (Fsp3) is 0.571. The fourth-order valence-corrected chi connectivity index (χ4v) is 2.38. The summed E-state index contributed by atoms with van der Waals surface area (Å²) >= 11 is 0. The lowest BCUT2D eigenvalue weighted by Gasteiger charge is -2.35. The van der Waals surface area contributed by atoms with Crippen LogP contribution in [0.15, 0.2) is 12.2 Å². The maximum atomic E-state index is 11.9. The van der Waals surface area contributed by atoms with Crippen LogP contribution in [0.25, 0.3) is 0 Å². The van der Waals surface area contributed by atoms with Gasteiger partial charge in [-0.2, -0.15) is 0 Å². The van der Waals surface area contributed by atoms with Crippen LogP contribution < -0.4 is 5.32 Å². The number of rotatable bonds is 8. The molecule has 1 aliphatic heterocycles. The van der Waals surface area contributed by atoms with E-state index in [1.165, 1.54) is 12.2 Å². The number of carbonyl (C=O) groups excluding carboxylic acids is 3. The topological polar surface area (TPSA) is 113 Å². The Hall–Kier alpha value is -2.22. The Kier molecular flexibility index (Phi) is 4.92. The predicted octanol–water partition coefficient (Wildman–Crippen LogP) is -0.701. The third kappa shape index (κ3) is 3.16. The van der Waals surface area contributed by atoms with Crippen LogP contribution in [0.2, 0.25) is 0 Å². The summed E-state index contributed by atoms with van der Waals surface area (Å²) in [5.41, 5.74) is -1.28. The minimum Gasteiger partial charge on any atom is -0.480 e. The molecule has 3 amide bonds. The summed E-state index contributed by atoms with van der Waals surface area (Å²) in [4.78, 5) is 46.6. The second-order valence-corrected chi connectivity index (χ2v) is 5.27. The highest BCUT2D eigenvalue weighted by molar-refractivity contribution is 6.12. The third-order valence-corrected chi connectivity index (χ3v) is 3.94. The van der Waals surface area contributed by atoms with Crippen molar-refractivity contribution in [3.63, 3.8) is 0 Å². The maximum absolute atomic E-state index is 11.9. The molecular weight excluding hydrogens is 292 g/mol. The number of hydrogen-bond donors (Lipinski definition) is 2. The van der Waals surface area contributed by atoms with Crippen LogP contribution in [0.4, 0.5) is 0 Å². The molecular formula is C14H18N2O6. The average Bonchev–Trinajstić information content (AvgIpc) is 2.72. The zero-order valence-electron chi connectivity index (χ0n) is 12.0. The minimum atomic E-state index is -1.28. The molecule has 2 rings (SSSR count). The van der Waals surface area contributed by atoms with Crippen LogP contribution in [0.1, 0.15) is 19.3 Å². The molecule has 1 fully saturated rings. The van der Waals surface area contributed by atoms with Gasteiger partial charge in [-0.05, 0) is 12.8 Å². The van der Waals surface area contributed by atoms with Crippen LogP contribution in [-0.4, -0.2) is 60.0 Å². The zero-order valence-corrected chi connectivity index (χ0v) is 12.0. The normalized spacial score (nSPS) is 19.2. The lowest BCUT2D eigenvalue weighted by molar-refractivity contribution is -0.162. The van der Waals surface area contributed by atoms with E-state index in [2.05, 4.69) is 5.32 Å². The molecule has 0 bridgehead atoms. The Balaban J connectivity index is 1.60. The van der Waals surface area contributed by atoms with Gasteiger partial charge < -0.3 is 15.2 Å². The van der Waals surface area contributed by atoms with E-state index < -0.39 is 17.3 Å². The van der Waals surface area contributed by atoms with Crippen molar-refractivity contribution in [1.82, 2.24) is 10.2 Å². The van der Waals surface area contributed by atoms with Gasteiger partial charge in [0.2, 0.25) is 5.91 Å². The lowest BCUT2D eigenvalue weighted by atomic mass is 9.68. The van der Waals surface area contributed by atoms with Crippen molar-refractivity contribution in [2.24, 2.45) is 5.41 Å².